The number of nitrogens with zero attached hydrogens (tertiary/aromatic N) is 4. The summed E-state index contributed by atoms with van der Waals surface area (Å²) >= 11 is 0. The van der Waals surface area contributed by atoms with Crippen LogP contribution in [0.1, 0.15) is 0 Å². The van der Waals surface area contributed by atoms with Crippen molar-refractivity contribution >= 4 is 28.1 Å². The number of aromatic nitrogens is 3. The van der Waals surface area contributed by atoms with Crippen LogP contribution >= 0.6 is 0 Å². The SMILES string of the molecule is C[n+]1cn(-c2cccc(N(c3cccc(-c4ccccn4)c3)c3c(-c4ccccc4)cccc3-c3ccccc3)c2)c2ccccc21. The normalized spacial score (nSPS) is 11.1. The van der Waals surface area contributed by atoms with Crippen molar-refractivity contribution in [3.63, 3.8) is 0 Å². The highest BCUT2D eigenvalue weighted by Crippen LogP contribution is 2.47. The molecule has 0 aliphatic carbocycles. The van der Waals surface area contributed by atoms with Crippen LogP contribution in [0.25, 0.3) is 50.2 Å². The first-order chi connectivity index (χ1) is 23.2. The van der Waals surface area contributed by atoms with Gasteiger partial charge in [-0.05, 0) is 59.7 Å². The second kappa shape index (κ2) is 12.3. The molecule has 0 bridgehead atoms. The number of hydrogen-bond acceptors (Lipinski definition) is 2. The maximum absolute atomic E-state index is 4.69. The van der Waals surface area contributed by atoms with Crippen molar-refractivity contribution in [2.45, 2.75) is 0 Å². The number of imidazole rings is 1. The topological polar surface area (TPSA) is 24.9 Å². The molecule has 2 aromatic heterocycles. The number of aryl methyl sites for hydroxylation is 1. The Bertz CT molecular complexity index is 2250. The molecule has 0 N–H and O–H groups in total. The Labute approximate surface area is 275 Å². The number of pyridine rings is 1. The van der Waals surface area contributed by atoms with Crippen LogP contribution in [0, 0.1) is 0 Å². The number of fused-ring (bicyclic) bond motifs is 1. The molecule has 0 aliphatic heterocycles. The third-order valence-electron chi connectivity index (χ3n) is 8.67. The largest absolute Gasteiger partial charge is 0.309 e. The molecule has 0 aliphatic rings. The first kappa shape index (κ1) is 28.2. The minimum absolute atomic E-state index is 0.939. The van der Waals surface area contributed by atoms with E-state index in [1.807, 2.05) is 18.3 Å². The summed E-state index contributed by atoms with van der Waals surface area (Å²) in [5.74, 6) is 0. The van der Waals surface area contributed by atoms with Gasteiger partial charge in [0, 0.05) is 34.6 Å². The number of para-hydroxylation sites is 3. The van der Waals surface area contributed by atoms with Gasteiger partial charge in [0.05, 0.1) is 24.1 Å². The lowest BCUT2D eigenvalue weighted by atomic mass is 9.94. The molecule has 4 heteroatoms. The van der Waals surface area contributed by atoms with Crippen LogP contribution in [-0.4, -0.2) is 9.55 Å². The van der Waals surface area contributed by atoms with E-state index in [4.69, 9.17) is 0 Å². The van der Waals surface area contributed by atoms with E-state index in [0.29, 0.717) is 0 Å². The monoisotopic (exact) mass is 605 g/mol. The minimum atomic E-state index is 0.939. The highest BCUT2D eigenvalue weighted by Gasteiger charge is 2.24. The first-order valence-corrected chi connectivity index (χ1v) is 15.9. The van der Waals surface area contributed by atoms with E-state index in [9.17, 15) is 0 Å². The fourth-order valence-corrected chi connectivity index (χ4v) is 6.48. The number of hydrogen-bond donors (Lipinski definition) is 0. The molecule has 0 saturated carbocycles. The summed E-state index contributed by atoms with van der Waals surface area (Å²) in [5, 5.41) is 0. The van der Waals surface area contributed by atoms with E-state index < -0.39 is 0 Å². The smallest absolute Gasteiger partial charge is 0.249 e. The average Bonchev–Trinajstić information content (AvgIpc) is 3.49. The lowest BCUT2D eigenvalue weighted by Crippen LogP contribution is -2.25. The molecule has 0 saturated heterocycles. The minimum Gasteiger partial charge on any atom is -0.309 e. The lowest BCUT2D eigenvalue weighted by Gasteiger charge is -2.31. The second-order valence-corrected chi connectivity index (χ2v) is 11.6. The molecule has 0 fully saturated rings. The van der Waals surface area contributed by atoms with Gasteiger partial charge in [-0.25, -0.2) is 4.57 Å². The van der Waals surface area contributed by atoms with Gasteiger partial charge in [-0.1, -0.05) is 115 Å². The van der Waals surface area contributed by atoms with Gasteiger partial charge in [0.2, 0.25) is 6.33 Å². The van der Waals surface area contributed by atoms with Crippen molar-refractivity contribution in [2.75, 3.05) is 4.90 Å². The molecular weight excluding hydrogens is 573 g/mol. The second-order valence-electron chi connectivity index (χ2n) is 11.6. The summed E-state index contributed by atoms with van der Waals surface area (Å²) in [6.07, 6.45) is 4.01. The molecular formula is C43H33N4+. The van der Waals surface area contributed by atoms with Gasteiger partial charge < -0.3 is 4.90 Å². The van der Waals surface area contributed by atoms with Gasteiger partial charge in [-0.2, -0.15) is 4.57 Å². The molecule has 0 amide bonds. The molecule has 8 aromatic rings. The van der Waals surface area contributed by atoms with Crippen LogP contribution < -0.4 is 9.47 Å². The molecule has 47 heavy (non-hydrogen) atoms. The summed E-state index contributed by atoms with van der Waals surface area (Å²) in [6, 6.07) is 60.1. The van der Waals surface area contributed by atoms with Crippen LogP contribution in [0.3, 0.4) is 0 Å². The number of rotatable bonds is 7. The third-order valence-corrected chi connectivity index (χ3v) is 8.67. The zero-order chi connectivity index (χ0) is 31.6. The zero-order valence-electron chi connectivity index (χ0n) is 26.1. The summed E-state index contributed by atoms with van der Waals surface area (Å²) in [5.41, 5.74) is 13.3. The first-order valence-electron chi connectivity index (χ1n) is 15.9. The van der Waals surface area contributed by atoms with Crippen LogP contribution in [0.2, 0.25) is 0 Å². The van der Waals surface area contributed by atoms with Crippen molar-refractivity contribution < 1.29 is 4.57 Å². The van der Waals surface area contributed by atoms with Crippen LogP contribution in [-0.2, 0) is 7.05 Å². The van der Waals surface area contributed by atoms with E-state index in [-0.39, 0.29) is 0 Å². The predicted molar refractivity (Wildman–Crippen MR) is 193 cm³/mol. The van der Waals surface area contributed by atoms with E-state index in [1.54, 1.807) is 0 Å². The van der Waals surface area contributed by atoms with E-state index in [0.717, 1.165) is 61.8 Å². The van der Waals surface area contributed by atoms with E-state index in [1.165, 1.54) is 5.52 Å². The molecule has 0 atom stereocenters. The Hall–Kier alpha value is -6.26. The molecule has 0 unspecified atom stereocenters. The van der Waals surface area contributed by atoms with Crippen molar-refractivity contribution in [1.29, 1.82) is 0 Å². The van der Waals surface area contributed by atoms with Gasteiger partial charge in [-0.15, -0.1) is 0 Å². The zero-order valence-corrected chi connectivity index (χ0v) is 26.1. The summed E-state index contributed by atoms with van der Waals surface area (Å²) in [7, 11) is 2.10. The van der Waals surface area contributed by atoms with Gasteiger partial charge in [0.1, 0.15) is 5.69 Å². The van der Waals surface area contributed by atoms with Crippen LogP contribution in [0.15, 0.2) is 182 Å². The highest BCUT2D eigenvalue weighted by molar-refractivity contribution is 5.98. The molecule has 0 spiro atoms. The van der Waals surface area contributed by atoms with Gasteiger partial charge in [0.15, 0.2) is 11.0 Å². The van der Waals surface area contributed by atoms with Crippen molar-refractivity contribution in [2.24, 2.45) is 7.05 Å². The van der Waals surface area contributed by atoms with Crippen molar-refractivity contribution in [3.8, 4) is 39.2 Å². The summed E-state index contributed by atoms with van der Waals surface area (Å²) in [4.78, 5) is 7.10. The van der Waals surface area contributed by atoms with E-state index in [2.05, 4.69) is 190 Å². The maximum atomic E-state index is 4.69. The fraction of sp³-hybridized carbons (Fsp3) is 0.0233. The van der Waals surface area contributed by atoms with Crippen molar-refractivity contribution in [1.82, 2.24) is 9.55 Å². The van der Waals surface area contributed by atoms with Crippen LogP contribution in [0.4, 0.5) is 17.1 Å². The van der Waals surface area contributed by atoms with E-state index >= 15 is 0 Å². The Kier molecular flexibility index (Phi) is 7.37. The Morgan fingerprint density at radius 2 is 1.13 bits per heavy atom. The summed E-state index contributed by atoms with van der Waals surface area (Å²) in [6.45, 7) is 0. The molecule has 2 heterocycles. The van der Waals surface area contributed by atoms with Gasteiger partial charge in [0.25, 0.3) is 0 Å². The number of anilines is 3. The standard InChI is InChI=1S/C43H33N4/c1-45-31-46(42-27-9-8-26-41(42)45)35-20-13-22-37(30-35)47(36-21-12-19-34(29-36)40-25-10-11-28-44-40)43-38(32-15-4-2-5-16-32)23-14-24-39(43)33-17-6-3-7-18-33/h2-31H,1H3/q+1. The predicted octanol–water partition coefficient (Wildman–Crippen LogP) is 10.3. The van der Waals surface area contributed by atoms with Gasteiger partial charge >= 0.3 is 0 Å². The maximum Gasteiger partial charge on any atom is 0.249 e. The Morgan fingerprint density at radius 3 is 1.83 bits per heavy atom. The summed E-state index contributed by atoms with van der Waals surface area (Å²) < 4.78 is 4.44. The van der Waals surface area contributed by atoms with Crippen molar-refractivity contribution in [3.05, 3.63) is 182 Å². The average molecular weight is 606 g/mol. The number of benzene rings is 6. The molecule has 8 rings (SSSR count). The lowest BCUT2D eigenvalue weighted by molar-refractivity contribution is -0.645. The molecule has 0 radical (unpaired) electrons. The quantitative estimate of drug-likeness (QED) is 0.169. The van der Waals surface area contributed by atoms with Gasteiger partial charge in [-0.3, -0.25) is 4.98 Å². The Morgan fingerprint density at radius 1 is 0.532 bits per heavy atom. The fourth-order valence-electron chi connectivity index (χ4n) is 6.48. The Balaban J connectivity index is 1.42. The third kappa shape index (κ3) is 5.36. The van der Waals surface area contributed by atoms with Crippen LogP contribution in [0.5, 0.6) is 0 Å². The molecule has 224 valence electrons. The molecule has 6 aromatic carbocycles. The molecule has 4 nitrogen and oxygen atoms in total. The highest BCUT2D eigenvalue weighted by atomic mass is 15.2.